The lowest BCUT2D eigenvalue weighted by atomic mass is 10.0. The number of benzene rings is 4. The first-order chi connectivity index (χ1) is 23.7. The predicted molar refractivity (Wildman–Crippen MR) is 212 cm³/mol. The number of carbonyl (C=O) groups excluding carboxylic acids is 2. The number of rotatable bonds is 0. The van der Waals surface area contributed by atoms with Gasteiger partial charge in [0.1, 0.15) is 0 Å². The zero-order valence-corrected chi connectivity index (χ0v) is 35.5. The van der Waals surface area contributed by atoms with Crippen molar-refractivity contribution in [3.63, 3.8) is 0 Å². The molecule has 0 saturated carbocycles. The van der Waals surface area contributed by atoms with Crippen LogP contribution < -0.4 is 31.6 Å². The molecular weight excluding hydrogens is 1040 g/mol. The maximum atomic E-state index is 13.0. The maximum absolute atomic E-state index is 13.0. The molecule has 8 rings (SSSR count). The molecule has 50 heavy (non-hydrogen) atoms. The summed E-state index contributed by atoms with van der Waals surface area (Å²) in [6.45, 7) is 0.625. The quantitative estimate of drug-likeness (QED) is 0.103. The molecule has 0 unspecified atom stereocenters. The number of nitrogens with two attached hydrogens (primary N) is 2. The minimum atomic E-state index is -0.873. The van der Waals surface area contributed by atoms with E-state index in [9.17, 15) is 19.8 Å². The third-order valence-corrected chi connectivity index (χ3v) is 11.3. The van der Waals surface area contributed by atoms with Gasteiger partial charge in [-0.2, -0.15) is 0 Å². The van der Waals surface area contributed by atoms with Crippen molar-refractivity contribution in [2.24, 2.45) is 11.5 Å². The molecule has 10 nitrogen and oxygen atoms in total. The van der Waals surface area contributed by atoms with Crippen LogP contribution in [0.5, 0.6) is 34.5 Å². The van der Waals surface area contributed by atoms with Gasteiger partial charge in [0.25, 0.3) is 0 Å². The standard InChI is InChI=1S/C34H30Br6N4O6/c35-19-5-16-2-4-44-33(47)25(41)11-17-9-23(39)32(24(40)10-17)50-28-14-18(8-20(36)30(28)46)12-26(42)34(48)43-3-1-15-6-21(37)31(22(38)7-15)49-27(13-16)29(19)45/h5-10,13-14,25-26,45-46H,1-4,11-12,41-42H2,(H,43,48)(H,44,47)/t25-,26+/m1/s1. The average Bonchev–Trinajstić information content (AvgIpc) is 3.04. The highest BCUT2D eigenvalue weighted by molar-refractivity contribution is 9.11. The normalized spacial score (nSPS) is 17.6. The molecule has 4 aromatic carbocycles. The van der Waals surface area contributed by atoms with E-state index in [1.807, 2.05) is 12.1 Å². The molecule has 264 valence electrons. The van der Waals surface area contributed by atoms with Crippen molar-refractivity contribution < 1.29 is 29.3 Å². The van der Waals surface area contributed by atoms with Crippen LogP contribution in [0.3, 0.4) is 0 Å². The summed E-state index contributed by atoms with van der Waals surface area (Å²) in [7, 11) is 0. The van der Waals surface area contributed by atoms with Gasteiger partial charge in [0.05, 0.1) is 38.9 Å². The van der Waals surface area contributed by atoms with Gasteiger partial charge in [0.2, 0.25) is 11.8 Å². The molecular formula is C34H30Br6N4O6. The van der Waals surface area contributed by atoms with E-state index < -0.39 is 12.1 Å². The van der Waals surface area contributed by atoms with Crippen molar-refractivity contribution in [2.45, 2.75) is 37.8 Å². The van der Waals surface area contributed by atoms with E-state index in [0.717, 1.165) is 16.7 Å². The molecule has 4 heterocycles. The van der Waals surface area contributed by atoms with E-state index in [1.54, 1.807) is 36.4 Å². The van der Waals surface area contributed by atoms with Crippen molar-refractivity contribution in [1.29, 1.82) is 0 Å². The first kappa shape index (κ1) is 39.0. The first-order valence-corrected chi connectivity index (χ1v) is 19.9. The molecule has 0 saturated heterocycles. The predicted octanol–water partition coefficient (Wildman–Crippen LogP) is 8.03. The molecule has 0 fully saturated rings. The van der Waals surface area contributed by atoms with Gasteiger partial charge in [-0.15, -0.1) is 0 Å². The van der Waals surface area contributed by atoms with E-state index >= 15 is 0 Å². The largest absolute Gasteiger partial charge is 0.503 e. The highest BCUT2D eigenvalue weighted by atomic mass is 79.9. The molecule has 2 atom stereocenters. The van der Waals surface area contributed by atoms with Crippen molar-refractivity contribution in [1.82, 2.24) is 10.6 Å². The minimum absolute atomic E-state index is 0.0778. The number of hydrogen-bond donors (Lipinski definition) is 6. The Morgan fingerprint density at radius 3 is 1.30 bits per heavy atom. The van der Waals surface area contributed by atoms with Crippen LogP contribution >= 0.6 is 95.6 Å². The van der Waals surface area contributed by atoms with Crippen molar-refractivity contribution >= 4 is 107 Å². The smallest absolute Gasteiger partial charge is 0.237 e. The zero-order chi connectivity index (χ0) is 36.3. The summed E-state index contributed by atoms with van der Waals surface area (Å²) in [6, 6.07) is 12.4. The van der Waals surface area contributed by atoms with Gasteiger partial charge >= 0.3 is 0 Å². The molecule has 8 N–H and O–H groups in total. The Morgan fingerprint density at radius 2 is 0.860 bits per heavy atom. The first-order valence-electron chi connectivity index (χ1n) is 15.1. The summed E-state index contributed by atoms with van der Waals surface area (Å²) in [5, 5.41) is 27.3. The summed E-state index contributed by atoms with van der Waals surface area (Å²) in [5.41, 5.74) is 15.7. The van der Waals surface area contributed by atoms with Crippen LogP contribution in [0.25, 0.3) is 0 Å². The average molecular weight is 1070 g/mol. The molecule has 2 amide bonds. The van der Waals surface area contributed by atoms with Crippen molar-refractivity contribution in [2.75, 3.05) is 13.1 Å². The third kappa shape index (κ3) is 9.62. The maximum Gasteiger partial charge on any atom is 0.237 e. The SMILES string of the molecule is N[C@@H]1Cc2cc(Br)c(c(Br)c2)Oc2cc(cc(Br)c2O)C[C@H](N)C(=O)NCCc2cc(Br)c(c(Br)c2)Oc2cc(cc(Br)c2O)CCNC1=O. The summed E-state index contributed by atoms with van der Waals surface area (Å²) < 4.78 is 15.5. The molecule has 8 bridgehead atoms. The second-order valence-electron chi connectivity index (χ2n) is 11.5. The molecule has 0 aromatic heterocycles. The highest BCUT2D eigenvalue weighted by Crippen LogP contribution is 2.45. The number of aromatic hydroxyl groups is 2. The summed E-state index contributed by atoms with van der Waals surface area (Å²) in [5.74, 6) is 0.332. The molecule has 0 spiro atoms. The van der Waals surface area contributed by atoms with E-state index in [-0.39, 0.29) is 47.7 Å². The highest BCUT2D eigenvalue weighted by Gasteiger charge is 2.22. The number of phenolic OH excluding ortho intramolecular Hbond substituents is 2. The molecule has 0 radical (unpaired) electrons. The van der Waals surface area contributed by atoms with Gasteiger partial charge in [-0.3, -0.25) is 9.59 Å². The number of nitrogens with one attached hydrogen (secondary N) is 2. The number of hydrogen-bond acceptors (Lipinski definition) is 8. The van der Waals surface area contributed by atoms with Gasteiger partial charge in [-0.25, -0.2) is 0 Å². The molecule has 16 heteroatoms. The lowest BCUT2D eigenvalue weighted by Gasteiger charge is -2.18. The van der Waals surface area contributed by atoms with Gasteiger partial charge in [-0.1, -0.05) is 0 Å². The summed E-state index contributed by atoms with van der Waals surface area (Å²) in [4.78, 5) is 25.9. The summed E-state index contributed by atoms with van der Waals surface area (Å²) >= 11 is 21.0. The van der Waals surface area contributed by atoms with Crippen LogP contribution in [0.1, 0.15) is 22.3 Å². The van der Waals surface area contributed by atoms with E-state index in [1.165, 1.54) is 0 Å². The van der Waals surface area contributed by atoms with Crippen LogP contribution in [0.2, 0.25) is 0 Å². The lowest BCUT2D eigenvalue weighted by Crippen LogP contribution is -2.42. The minimum Gasteiger partial charge on any atom is -0.503 e. The summed E-state index contributed by atoms with van der Waals surface area (Å²) in [6.07, 6.45) is 1.36. The van der Waals surface area contributed by atoms with Crippen molar-refractivity contribution in [3.8, 4) is 34.5 Å². The molecule has 4 aliphatic heterocycles. The number of ether oxygens (including phenoxy) is 2. The van der Waals surface area contributed by atoms with Gasteiger partial charge in [-0.05, 0) is 192 Å². The second-order valence-corrected chi connectivity index (χ2v) is 16.7. The molecule has 4 aromatic rings. The Hall–Kier alpha value is -2.18. The Labute approximate surface area is 338 Å². The van der Waals surface area contributed by atoms with Crippen molar-refractivity contribution in [3.05, 3.63) is 97.6 Å². The topological polar surface area (TPSA) is 169 Å². The van der Waals surface area contributed by atoms with Crippen LogP contribution in [0.4, 0.5) is 0 Å². The fraction of sp³-hybridized carbons (Fsp3) is 0.235. The Bertz CT molecular complexity index is 1920. The van der Waals surface area contributed by atoms with E-state index in [0.29, 0.717) is 69.8 Å². The van der Waals surface area contributed by atoms with E-state index in [4.69, 9.17) is 20.9 Å². The number of halogens is 6. The molecule has 4 aliphatic rings. The monoisotopic (exact) mass is 1060 g/mol. The van der Waals surface area contributed by atoms with Gasteiger partial charge in [0.15, 0.2) is 34.5 Å². The Kier molecular flexibility index (Phi) is 13.4. The van der Waals surface area contributed by atoms with Gasteiger partial charge in [0, 0.05) is 13.1 Å². The van der Waals surface area contributed by atoms with Crippen LogP contribution in [0, 0.1) is 0 Å². The fourth-order valence-corrected chi connectivity index (χ4v) is 9.05. The van der Waals surface area contributed by atoms with Crippen LogP contribution in [0.15, 0.2) is 75.4 Å². The molecule has 0 aliphatic carbocycles. The third-order valence-electron chi connectivity index (χ3n) is 7.73. The van der Waals surface area contributed by atoms with Gasteiger partial charge < -0.3 is 41.8 Å². The number of carbonyl (C=O) groups is 2. The number of amides is 2. The van der Waals surface area contributed by atoms with Crippen LogP contribution in [-0.4, -0.2) is 47.2 Å². The fourth-order valence-electron chi connectivity index (χ4n) is 5.19. The van der Waals surface area contributed by atoms with E-state index in [2.05, 4.69) is 106 Å². The lowest BCUT2D eigenvalue weighted by molar-refractivity contribution is -0.123. The zero-order valence-electron chi connectivity index (χ0n) is 26.0. The second kappa shape index (κ2) is 17.1. The Balaban J connectivity index is 1.45. The number of phenols is 2. The Morgan fingerprint density at radius 1 is 0.540 bits per heavy atom. The van der Waals surface area contributed by atoms with Crippen LogP contribution in [-0.2, 0) is 35.3 Å².